The van der Waals surface area contributed by atoms with Gasteiger partial charge in [-0.3, -0.25) is 9.59 Å². The first-order valence-corrected chi connectivity index (χ1v) is 8.67. The Balaban J connectivity index is 2.09. The van der Waals surface area contributed by atoms with Gasteiger partial charge >= 0.3 is 0 Å². The number of H-pyrrole nitrogens is 1. The molecule has 1 heterocycles. The van der Waals surface area contributed by atoms with Crippen LogP contribution in [-0.2, 0) is 0 Å². The Hall–Kier alpha value is -3.61. The van der Waals surface area contributed by atoms with Gasteiger partial charge in [-0.1, -0.05) is 44.2 Å². The molecule has 2 aromatic carbocycles. The third-order valence-electron chi connectivity index (χ3n) is 4.42. The first-order chi connectivity index (χ1) is 13.3. The van der Waals surface area contributed by atoms with Gasteiger partial charge in [-0.05, 0) is 12.0 Å². The number of rotatable bonds is 5. The van der Waals surface area contributed by atoms with Gasteiger partial charge in [0.25, 0.3) is 5.56 Å². The van der Waals surface area contributed by atoms with E-state index in [1.54, 1.807) is 24.3 Å². The van der Waals surface area contributed by atoms with Crippen molar-refractivity contribution in [3.8, 4) is 28.6 Å². The van der Waals surface area contributed by atoms with Gasteiger partial charge in [0.1, 0.15) is 11.4 Å². The van der Waals surface area contributed by atoms with Crippen LogP contribution in [0.15, 0.2) is 47.4 Å². The lowest BCUT2D eigenvalue weighted by molar-refractivity contribution is 0.103. The maximum absolute atomic E-state index is 12.9. The summed E-state index contributed by atoms with van der Waals surface area (Å²) < 4.78 is 5.15. The lowest BCUT2D eigenvalue weighted by Crippen LogP contribution is -2.20. The average molecular weight is 380 g/mol. The monoisotopic (exact) mass is 380 g/mol. The average Bonchev–Trinajstić information content (AvgIpc) is 2.69. The van der Waals surface area contributed by atoms with E-state index < -0.39 is 22.8 Å². The molecular weight excluding hydrogens is 360 g/mol. The van der Waals surface area contributed by atoms with Gasteiger partial charge in [0, 0.05) is 17.3 Å². The summed E-state index contributed by atoms with van der Waals surface area (Å²) in [6, 6.07) is 10.4. The van der Waals surface area contributed by atoms with Gasteiger partial charge in [-0.25, -0.2) is 4.98 Å². The highest BCUT2D eigenvalue weighted by atomic mass is 16.5. The molecule has 0 aliphatic carbocycles. The van der Waals surface area contributed by atoms with Crippen LogP contribution in [0, 0.1) is 0 Å². The van der Waals surface area contributed by atoms with Crippen molar-refractivity contribution in [2.45, 2.75) is 19.8 Å². The highest BCUT2D eigenvalue weighted by Crippen LogP contribution is 2.44. The van der Waals surface area contributed by atoms with E-state index in [9.17, 15) is 19.8 Å². The van der Waals surface area contributed by atoms with Crippen molar-refractivity contribution in [3.05, 3.63) is 69.6 Å². The van der Waals surface area contributed by atoms with Gasteiger partial charge < -0.3 is 19.9 Å². The summed E-state index contributed by atoms with van der Waals surface area (Å²) in [7, 11) is 1.36. The molecule has 7 nitrogen and oxygen atoms in total. The summed E-state index contributed by atoms with van der Waals surface area (Å²) in [4.78, 5) is 32.1. The zero-order valence-electron chi connectivity index (χ0n) is 15.7. The van der Waals surface area contributed by atoms with E-state index in [4.69, 9.17) is 4.74 Å². The van der Waals surface area contributed by atoms with Crippen LogP contribution in [0.5, 0.6) is 17.2 Å². The number of benzene rings is 2. The molecule has 144 valence electrons. The molecule has 0 radical (unpaired) electrons. The fraction of sp³-hybridized carbons (Fsp3) is 0.190. The lowest BCUT2D eigenvalue weighted by atomic mass is 9.95. The Bertz CT molecular complexity index is 1090. The second-order valence-corrected chi connectivity index (χ2v) is 6.57. The van der Waals surface area contributed by atoms with E-state index in [2.05, 4.69) is 9.97 Å². The molecule has 3 rings (SSSR count). The molecule has 3 aromatic rings. The normalized spacial score (nSPS) is 10.9. The van der Waals surface area contributed by atoms with Crippen LogP contribution in [0.2, 0.25) is 0 Å². The third kappa shape index (κ3) is 3.34. The Morgan fingerprint density at radius 2 is 1.79 bits per heavy atom. The highest BCUT2D eigenvalue weighted by molar-refractivity contribution is 6.11. The fourth-order valence-corrected chi connectivity index (χ4v) is 2.92. The number of hydrogen-bond acceptors (Lipinski definition) is 6. The molecule has 0 aliphatic heterocycles. The number of ketones is 1. The minimum Gasteiger partial charge on any atom is -0.504 e. The van der Waals surface area contributed by atoms with Crippen LogP contribution in [0.1, 0.15) is 41.3 Å². The van der Waals surface area contributed by atoms with Gasteiger partial charge in [-0.2, -0.15) is 0 Å². The van der Waals surface area contributed by atoms with Crippen LogP contribution in [-0.4, -0.2) is 33.1 Å². The van der Waals surface area contributed by atoms with Crippen LogP contribution < -0.4 is 10.3 Å². The number of carbonyl (C=O) groups excluding carboxylic acids is 1. The Labute approximate surface area is 161 Å². The van der Waals surface area contributed by atoms with Crippen LogP contribution in [0.3, 0.4) is 0 Å². The molecule has 7 heteroatoms. The van der Waals surface area contributed by atoms with E-state index in [1.807, 2.05) is 19.9 Å². The maximum atomic E-state index is 12.9. The van der Waals surface area contributed by atoms with Crippen LogP contribution in [0.4, 0.5) is 0 Å². The van der Waals surface area contributed by atoms with Gasteiger partial charge in [-0.15, -0.1) is 0 Å². The molecule has 0 aliphatic rings. The van der Waals surface area contributed by atoms with Gasteiger partial charge in [0.2, 0.25) is 11.5 Å². The number of nitrogens with one attached hydrogen (secondary N) is 1. The summed E-state index contributed by atoms with van der Waals surface area (Å²) >= 11 is 0. The van der Waals surface area contributed by atoms with Crippen LogP contribution in [0.25, 0.3) is 11.4 Å². The zero-order chi connectivity index (χ0) is 20.4. The number of ether oxygens (including phenoxy) is 1. The number of phenolic OH excluding ortho intramolecular Hbond substituents is 2. The molecule has 0 saturated carbocycles. The predicted molar refractivity (Wildman–Crippen MR) is 104 cm³/mol. The van der Waals surface area contributed by atoms with E-state index in [0.29, 0.717) is 17.0 Å². The van der Waals surface area contributed by atoms with Gasteiger partial charge in [0.05, 0.1) is 12.7 Å². The van der Waals surface area contributed by atoms with E-state index in [0.717, 1.165) is 0 Å². The third-order valence-corrected chi connectivity index (χ3v) is 4.42. The van der Waals surface area contributed by atoms with Crippen LogP contribution >= 0.6 is 0 Å². The maximum Gasteiger partial charge on any atom is 0.262 e. The van der Waals surface area contributed by atoms with Crippen molar-refractivity contribution in [2.24, 2.45) is 0 Å². The second kappa shape index (κ2) is 7.56. The first-order valence-electron chi connectivity index (χ1n) is 8.67. The molecular formula is C21H20N2O5. The number of aromatic hydroxyl groups is 2. The van der Waals surface area contributed by atoms with Gasteiger partial charge in [0.15, 0.2) is 11.5 Å². The number of methoxy groups -OCH3 is 1. The van der Waals surface area contributed by atoms with Crippen molar-refractivity contribution in [1.29, 1.82) is 0 Å². The summed E-state index contributed by atoms with van der Waals surface area (Å²) in [6.07, 6.45) is 1.17. The predicted octanol–water partition coefficient (Wildman–Crippen LogP) is 3.21. The lowest BCUT2D eigenvalue weighted by Gasteiger charge is -2.16. The van der Waals surface area contributed by atoms with Crippen molar-refractivity contribution >= 4 is 5.78 Å². The Morgan fingerprint density at radius 3 is 2.36 bits per heavy atom. The van der Waals surface area contributed by atoms with Crippen molar-refractivity contribution < 1.29 is 19.7 Å². The van der Waals surface area contributed by atoms with Crippen molar-refractivity contribution in [1.82, 2.24) is 9.97 Å². The number of aromatic amines is 1. The summed E-state index contributed by atoms with van der Waals surface area (Å²) in [5.41, 5.74) is 0.160. The minimum absolute atomic E-state index is 0.0927. The number of nitrogens with zero attached hydrogens (tertiary/aromatic N) is 1. The highest BCUT2D eigenvalue weighted by Gasteiger charge is 2.25. The topological polar surface area (TPSA) is 113 Å². The van der Waals surface area contributed by atoms with E-state index in [1.165, 1.54) is 19.4 Å². The Kier molecular flexibility index (Phi) is 5.17. The second-order valence-electron chi connectivity index (χ2n) is 6.57. The van der Waals surface area contributed by atoms with Crippen molar-refractivity contribution in [2.75, 3.05) is 7.11 Å². The smallest absolute Gasteiger partial charge is 0.262 e. The van der Waals surface area contributed by atoms with E-state index >= 15 is 0 Å². The van der Waals surface area contributed by atoms with Crippen molar-refractivity contribution in [3.63, 3.8) is 0 Å². The molecule has 3 N–H and O–H groups in total. The molecule has 0 fully saturated rings. The molecule has 0 saturated heterocycles. The zero-order valence-corrected chi connectivity index (χ0v) is 15.7. The minimum atomic E-state index is -0.745. The number of phenols is 2. The summed E-state index contributed by atoms with van der Waals surface area (Å²) in [5.74, 6) is -1.60. The standard InChI is InChI=1S/C21H20N2O5/c1-11(2)13-9-14(17(25)18(26)19(13)28-3)16(24)15-10-22-20(23-21(15)27)12-7-5-4-6-8-12/h4-11,25-26H,1-3H3,(H,22,23,27). The quantitative estimate of drug-likeness (QED) is 0.463. The fourth-order valence-electron chi connectivity index (χ4n) is 2.92. The molecule has 28 heavy (non-hydrogen) atoms. The van der Waals surface area contributed by atoms with E-state index in [-0.39, 0.29) is 22.8 Å². The Morgan fingerprint density at radius 1 is 1.11 bits per heavy atom. The molecule has 0 atom stereocenters. The summed E-state index contributed by atoms with van der Waals surface area (Å²) in [6.45, 7) is 3.71. The summed E-state index contributed by atoms with van der Waals surface area (Å²) in [5, 5.41) is 20.5. The largest absolute Gasteiger partial charge is 0.504 e. The molecule has 0 spiro atoms. The number of carbonyl (C=O) groups is 1. The first kappa shape index (κ1) is 19.2. The number of aromatic nitrogens is 2. The SMILES string of the molecule is COc1c(C(C)C)cc(C(=O)c2cnc(-c3ccccc3)[nH]c2=O)c(O)c1O. The molecule has 0 unspecified atom stereocenters. The molecule has 0 amide bonds. The number of hydrogen-bond donors (Lipinski definition) is 3. The molecule has 1 aromatic heterocycles. The molecule has 0 bridgehead atoms.